The van der Waals surface area contributed by atoms with E-state index in [1.54, 1.807) is 0 Å². The fraction of sp³-hybridized carbons (Fsp3) is 0.900. The molecule has 6 nitrogen and oxygen atoms in total. The van der Waals surface area contributed by atoms with E-state index in [0.29, 0.717) is 19.3 Å². The van der Waals surface area contributed by atoms with E-state index in [0.717, 1.165) is 70.6 Å². The topological polar surface area (TPSA) is 78.9 Å². The highest BCUT2D eigenvalue weighted by atomic mass is 16.6. The van der Waals surface area contributed by atoms with Gasteiger partial charge in [0.1, 0.15) is 13.2 Å². The average molecular weight is 1070 g/mol. The van der Waals surface area contributed by atoms with E-state index in [-0.39, 0.29) is 31.1 Å². The summed E-state index contributed by atoms with van der Waals surface area (Å²) >= 11 is 0. The highest BCUT2D eigenvalue weighted by Crippen LogP contribution is 2.19. The molecule has 76 heavy (non-hydrogen) atoms. The van der Waals surface area contributed by atoms with Crippen LogP contribution in [-0.2, 0) is 28.6 Å². The SMILES string of the molecule is CCC/C=C\CCCCCCCC(=O)OCC(COC(=O)CCCCCCCCCCCCCCCCCCCCCCCCCCCCCCC)OC(=O)CCCCCCCCCCC/C=C\CCCCCCCC. The number of allylic oxidation sites excluding steroid dienone is 4. The van der Waals surface area contributed by atoms with Crippen LogP contribution in [-0.4, -0.2) is 37.2 Å². The molecule has 0 spiro atoms. The third-order valence-corrected chi connectivity index (χ3v) is 15.7. The summed E-state index contributed by atoms with van der Waals surface area (Å²) < 4.78 is 16.9. The van der Waals surface area contributed by atoms with Crippen molar-refractivity contribution in [3.63, 3.8) is 0 Å². The molecule has 0 N–H and O–H groups in total. The van der Waals surface area contributed by atoms with E-state index >= 15 is 0 Å². The van der Waals surface area contributed by atoms with Gasteiger partial charge in [-0.15, -0.1) is 0 Å². The van der Waals surface area contributed by atoms with Crippen molar-refractivity contribution in [3.05, 3.63) is 24.3 Å². The summed E-state index contributed by atoms with van der Waals surface area (Å²) in [6, 6.07) is 0. The lowest BCUT2D eigenvalue weighted by atomic mass is 10.0. The van der Waals surface area contributed by atoms with Crippen LogP contribution in [0.5, 0.6) is 0 Å². The van der Waals surface area contributed by atoms with E-state index in [2.05, 4.69) is 45.1 Å². The molecular weight excluding hydrogens is 937 g/mol. The zero-order valence-corrected chi connectivity index (χ0v) is 51.6. The van der Waals surface area contributed by atoms with Gasteiger partial charge >= 0.3 is 17.9 Å². The predicted molar refractivity (Wildman–Crippen MR) is 330 cm³/mol. The maximum Gasteiger partial charge on any atom is 0.306 e. The summed E-state index contributed by atoms with van der Waals surface area (Å²) in [5.41, 5.74) is 0. The van der Waals surface area contributed by atoms with Gasteiger partial charge in [-0.25, -0.2) is 0 Å². The molecule has 0 fully saturated rings. The summed E-state index contributed by atoms with van der Waals surface area (Å²) in [6.45, 7) is 6.64. The highest BCUT2D eigenvalue weighted by Gasteiger charge is 2.19. The average Bonchev–Trinajstić information content (AvgIpc) is 3.42. The normalized spacial score (nSPS) is 12.1. The number of hydrogen-bond donors (Lipinski definition) is 0. The van der Waals surface area contributed by atoms with Crippen molar-refractivity contribution in [2.75, 3.05) is 13.2 Å². The van der Waals surface area contributed by atoms with Crippen molar-refractivity contribution >= 4 is 17.9 Å². The van der Waals surface area contributed by atoms with Gasteiger partial charge in [0.25, 0.3) is 0 Å². The van der Waals surface area contributed by atoms with Crippen molar-refractivity contribution < 1.29 is 28.6 Å². The van der Waals surface area contributed by atoms with E-state index in [4.69, 9.17) is 14.2 Å². The molecule has 0 aliphatic heterocycles. The zero-order chi connectivity index (χ0) is 55.0. The van der Waals surface area contributed by atoms with Crippen LogP contribution in [0.2, 0.25) is 0 Å². The Morgan fingerprint density at radius 3 is 0.711 bits per heavy atom. The van der Waals surface area contributed by atoms with Gasteiger partial charge in [-0.1, -0.05) is 328 Å². The third kappa shape index (κ3) is 62.7. The molecule has 1 atom stereocenters. The van der Waals surface area contributed by atoms with Crippen molar-refractivity contribution in [2.45, 2.75) is 393 Å². The molecule has 0 aliphatic rings. The lowest BCUT2D eigenvalue weighted by Crippen LogP contribution is -2.30. The van der Waals surface area contributed by atoms with E-state index < -0.39 is 6.10 Å². The van der Waals surface area contributed by atoms with Gasteiger partial charge in [-0.2, -0.15) is 0 Å². The summed E-state index contributed by atoms with van der Waals surface area (Å²) in [7, 11) is 0. The summed E-state index contributed by atoms with van der Waals surface area (Å²) in [6.07, 6.45) is 79.4. The predicted octanol–water partition coefficient (Wildman–Crippen LogP) is 23.4. The lowest BCUT2D eigenvalue weighted by molar-refractivity contribution is -0.167. The van der Waals surface area contributed by atoms with Crippen LogP contribution < -0.4 is 0 Å². The number of rotatable bonds is 64. The minimum atomic E-state index is -0.773. The molecule has 0 amide bonds. The van der Waals surface area contributed by atoms with Gasteiger partial charge in [0, 0.05) is 19.3 Å². The molecule has 0 aromatic heterocycles. The summed E-state index contributed by atoms with van der Waals surface area (Å²) in [5, 5.41) is 0. The van der Waals surface area contributed by atoms with Crippen molar-refractivity contribution in [1.29, 1.82) is 0 Å². The van der Waals surface area contributed by atoms with Gasteiger partial charge in [0.15, 0.2) is 6.10 Å². The Kier molecular flexibility index (Phi) is 63.6. The number of ether oxygens (including phenoxy) is 3. The molecule has 6 heteroatoms. The third-order valence-electron chi connectivity index (χ3n) is 15.7. The molecular formula is C70H132O6. The maximum absolute atomic E-state index is 12.9. The minimum Gasteiger partial charge on any atom is -0.462 e. The second kappa shape index (κ2) is 65.4. The Balaban J connectivity index is 4.10. The minimum absolute atomic E-state index is 0.0698. The van der Waals surface area contributed by atoms with Crippen LogP contribution in [0.4, 0.5) is 0 Å². The smallest absolute Gasteiger partial charge is 0.306 e. The van der Waals surface area contributed by atoms with Gasteiger partial charge in [-0.3, -0.25) is 14.4 Å². The fourth-order valence-electron chi connectivity index (χ4n) is 10.5. The van der Waals surface area contributed by atoms with E-state index in [9.17, 15) is 14.4 Å². The lowest BCUT2D eigenvalue weighted by Gasteiger charge is -2.18. The number of esters is 3. The Morgan fingerprint density at radius 2 is 0.461 bits per heavy atom. The molecule has 1 unspecified atom stereocenters. The Hall–Kier alpha value is -2.11. The first-order valence-electron chi connectivity index (χ1n) is 34.3. The van der Waals surface area contributed by atoms with Crippen LogP contribution in [0.1, 0.15) is 387 Å². The quantitative estimate of drug-likeness (QED) is 0.0261. The molecule has 0 radical (unpaired) electrons. The van der Waals surface area contributed by atoms with Crippen LogP contribution in [0.25, 0.3) is 0 Å². The standard InChI is InChI=1S/C70H132O6/c1-4-7-10-13-16-19-22-24-26-28-30-31-32-33-34-35-36-37-38-39-41-42-44-46-48-51-54-57-60-63-69(72)75-66-67(65-74-68(71)62-59-56-53-50-21-18-15-12-9-6-3)76-70(73)64-61-58-55-52-49-47-45-43-40-29-27-25-23-20-17-14-11-8-5-2/h12,15,25,27,67H,4-11,13-14,16-24,26,28-66H2,1-3H3/b15-12-,27-25-. The molecule has 0 aliphatic carbocycles. The first-order valence-corrected chi connectivity index (χ1v) is 34.3. The van der Waals surface area contributed by atoms with Crippen LogP contribution >= 0.6 is 0 Å². The Bertz CT molecular complexity index is 1230. The van der Waals surface area contributed by atoms with E-state index in [1.807, 2.05) is 0 Å². The first-order chi connectivity index (χ1) is 37.5. The molecule has 448 valence electrons. The largest absolute Gasteiger partial charge is 0.462 e. The van der Waals surface area contributed by atoms with Crippen LogP contribution in [0.15, 0.2) is 24.3 Å². The van der Waals surface area contributed by atoms with Gasteiger partial charge < -0.3 is 14.2 Å². The van der Waals surface area contributed by atoms with Crippen molar-refractivity contribution in [2.24, 2.45) is 0 Å². The summed E-state index contributed by atoms with van der Waals surface area (Å²) in [5.74, 6) is -0.857. The van der Waals surface area contributed by atoms with Crippen LogP contribution in [0, 0.1) is 0 Å². The number of carbonyl (C=O) groups is 3. The second-order valence-corrected chi connectivity index (χ2v) is 23.4. The molecule has 0 saturated carbocycles. The van der Waals surface area contributed by atoms with Gasteiger partial charge in [0.2, 0.25) is 0 Å². The molecule has 0 aromatic carbocycles. The molecule has 0 bridgehead atoms. The molecule has 0 rings (SSSR count). The number of carbonyl (C=O) groups excluding carboxylic acids is 3. The maximum atomic E-state index is 12.9. The van der Waals surface area contributed by atoms with E-state index in [1.165, 1.54) is 276 Å². The first kappa shape index (κ1) is 73.9. The van der Waals surface area contributed by atoms with Gasteiger partial charge in [0.05, 0.1) is 0 Å². The molecule has 0 saturated heterocycles. The Labute approximate surface area is 474 Å². The Morgan fingerprint density at radius 1 is 0.250 bits per heavy atom. The zero-order valence-electron chi connectivity index (χ0n) is 51.6. The monoisotopic (exact) mass is 1070 g/mol. The van der Waals surface area contributed by atoms with Gasteiger partial charge in [-0.05, 0) is 64.2 Å². The summed E-state index contributed by atoms with van der Waals surface area (Å²) in [4.78, 5) is 38.2. The second-order valence-electron chi connectivity index (χ2n) is 23.4. The fourth-order valence-corrected chi connectivity index (χ4v) is 10.5. The van der Waals surface area contributed by atoms with Crippen molar-refractivity contribution in [1.82, 2.24) is 0 Å². The highest BCUT2D eigenvalue weighted by molar-refractivity contribution is 5.71. The van der Waals surface area contributed by atoms with Crippen LogP contribution in [0.3, 0.4) is 0 Å². The molecule has 0 aromatic rings. The number of unbranched alkanes of at least 4 members (excludes halogenated alkanes) is 49. The molecule has 0 heterocycles. The van der Waals surface area contributed by atoms with Crippen molar-refractivity contribution in [3.8, 4) is 0 Å². The number of hydrogen-bond acceptors (Lipinski definition) is 6.